The van der Waals surface area contributed by atoms with Crippen molar-refractivity contribution in [1.82, 2.24) is 5.32 Å². The maximum absolute atomic E-state index is 13.9. The van der Waals surface area contributed by atoms with Gasteiger partial charge in [0.25, 0.3) is 11.6 Å². The quantitative estimate of drug-likeness (QED) is 0.681. The van der Waals surface area contributed by atoms with Gasteiger partial charge < -0.3 is 10.2 Å². The van der Waals surface area contributed by atoms with Crippen molar-refractivity contribution in [1.29, 1.82) is 0 Å². The van der Waals surface area contributed by atoms with E-state index in [1.165, 1.54) is 0 Å². The van der Waals surface area contributed by atoms with Crippen LogP contribution in [0.1, 0.15) is 16.8 Å². The van der Waals surface area contributed by atoms with Gasteiger partial charge in [-0.25, -0.2) is 4.39 Å². The Morgan fingerprint density at radius 2 is 1.96 bits per heavy atom. The minimum Gasteiger partial charge on any atom is -0.340 e. The van der Waals surface area contributed by atoms with Gasteiger partial charge in [-0.05, 0) is 24.6 Å². The molecule has 0 spiro atoms. The zero-order chi connectivity index (χ0) is 18.0. The predicted molar refractivity (Wildman–Crippen MR) is 87.7 cm³/mol. The third-order valence-corrected chi connectivity index (χ3v) is 3.99. The Hall–Kier alpha value is -3.29. The van der Waals surface area contributed by atoms with Crippen molar-refractivity contribution in [2.75, 3.05) is 11.4 Å². The number of amides is 2. The lowest BCUT2D eigenvalue weighted by Crippen LogP contribution is -2.41. The molecule has 3 rings (SSSR count). The maximum Gasteiger partial charge on any atom is 0.272 e. The Kier molecular flexibility index (Phi) is 4.42. The molecule has 0 unspecified atom stereocenters. The predicted octanol–water partition coefficient (Wildman–Crippen LogP) is 2.27. The van der Waals surface area contributed by atoms with E-state index in [0.29, 0.717) is 19.0 Å². The van der Waals surface area contributed by atoms with Gasteiger partial charge in [-0.15, -0.1) is 0 Å². The van der Waals surface area contributed by atoms with Crippen molar-refractivity contribution in [2.45, 2.75) is 12.5 Å². The number of nitro groups is 1. The zero-order valence-electron chi connectivity index (χ0n) is 13.0. The van der Waals surface area contributed by atoms with E-state index in [1.54, 1.807) is 29.2 Å². The van der Waals surface area contributed by atoms with E-state index in [1.807, 2.05) is 6.07 Å². The van der Waals surface area contributed by atoms with Crippen LogP contribution in [0.5, 0.6) is 0 Å². The van der Waals surface area contributed by atoms with Gasteiger partial charge in [-0.2, -0.15) is 0 Å². The number of hydrogen-bond acceptors (Lipinski definition) is 4. The summed E-state index contributed by atoms with van der Waals surface area (Å²) >= 11 is 0. The first-order valence-corrected chi connectivity index (χ1v) is 7.58. The summed E-state index contributed by atoms with van der Waals surface area (Å²) in [6.07, 6.45) is 0.397. The van der Waals surface area contributed by atoms with Crippen molar-refractivity contribution in [2.24, 2.45) is 0 Å². The Balaban J connectivity index is 1.72. The third kappa shape index (κ3) is 3.32. The zero-order valence-corrected chi connectivity index (χ0v) is 13.0. The van der Waals surface area contributed by atoms with Crippen LogP contribution in [0.15, 0.2) is 48.5 Å². The average Bonchev–Trinajstić information content (AvgIpc) is 2.96. The van der Waals surface area contributed by atoms with E-state index in [9.17, 15) is 24.1 Å². The van der Waals surface area contributed by atoms with E-state index < -0.39 is 28.4 Å². The number of nitrogens with zero attached hydrogens (tertiary/aromatic N) is 2. The van der Waals surface area contributed by atoms with Crippen LogP contribution < -0.4 is 10.2 Å². The minimum absolute atomic E-state index is 0.276. The van der Waals surface area contributed by atoms with E-state index in [-0.39, 0.29) is 11.5 Å². The molecule has 0 aliphatic carbocycles. The van der Waals surface area contributed by atoms with Crippen LogP contribution >= 0.6 is 0 Å². The fourth-order valence-corrected chi connectivity index (χ4v) is 2.72. The minimum atomic E-state index is -1.00. The number of carbonyl (C=O) groups excluding carboxylic acids is 2. The average molecular weight is 343 g/mol. The van der Waals surface area contributed by atoms with Crippen LogP contribution in [-0.2, 0) is 4.79 Å². The summed E-state index contributed by atoms with van der Waals surface area (Å²) < 4.78 is 13.9. The summed E-state index contributed by atoms with van der Waals surface area (Å²) in [4.78, 5) is 36.0. The second kappa shape index (κ2) is 6.68. The summed E-state index contributed by atoms with van der Waals surface area (Å²) in [6.45, 7) is 0.441. The molecule has 8 heteroatoms. The van der Waals surface area contributed by atoms with Gasteiger partial charge in [-0.3, -0.25) is 19.7 Å². The number of nitro benzene ring substituents is 1. The van der Waals surface area contributed by atoms with Gasteiger partial charge in [0.2, 0.25) is 5.91 Å². The van der Waals surface area contributed by atoms with Crippen molar-refractivity contribution in [3.05, 3.63) is 70.0 Å². The molecule has 0 bridgehead atoms. The molecular formula is C17H14FN3O4. The molecule has 1 aliphatic heterocycles. The summed E-state index contributed by atoms with van der Waals surface area (Å²) in [5, 5.41) is 13.1. The highest BCUT2D eigenvalue weighted by Crippen LogP contribution is 2.22. The van der Waals surface area contributed by atoms with Crippen molar-refractivity contribution < 1.29 is 18.9 Å². The molecule has 0 aromatic heterocycles. The SMILES string of the molecule is O=C(N[C@@H]1CCN(c2ccccc2)C1=O)c1ccc([N+](=O)[O-])cc1F. The van der Waals surface area contributed by atoms with Crippen LogP contribution in [0, 0.1) is 15.9 Å². The molecular weight excluding hydrogens is 329 g/mol. The van der Waals surface area contributed by atoms with Gasteiger partial charge in [0.05, 0.1) is 16.6 Å². The maximum atomic E-state index is 13.9. The number of para-hydroxylation sites is 1. The molecule has 2 aromatic rings. The molecule has 1 saturated heterocycles. The summed E-state index contributed by atoms with van der Waals surface area (Å²) in [7, 11) is 0. The van der Waals surface area contributed by atoms with Crippen molar-refractivity contribution in [3.8, 4) is 0 Å². The fourth-order valence-electron chi connectivity index (χ4n) is 2.72. The van der Waals surface area contributed by atoms with E-state index >= 15 is 0 Å². The first kappa shape index (κ1) is 16.6. The lowest BCUT2D eigenvalue weighted by molar-refractivity contribution is -0.385. The third-order valence-electron chi connectivity index (χ3n) is 3.99. The molecule has 0 radical (unpaired) electrons. The molecule has 2 aromatic carbocycles. The summed E-state index contributed by atoms with van der Waals surface area (Å²) in [6, 6.07) is 11.0. The molecule has 7 nitrogen and oxygen atoms in total. The Labute approximate surface area is 142 Å². The Bertz CT molecular complexity index is 841. The lowest BCUT2D eigenvalue weighted by Gasteiger charge is -2.17. The standard InChI is InChI=1S/C17H14FN3O4/c18-14-10-12(21(24)25)6-7-13(14)16(22)19-15-8-9-20(17(15)23)11-4-2-1-3-5-11/h1-7,10,15H,8-9H2,(H,19,22)/t15-/m1/s1. The molecule has 2 amide bonds. The second-order valence-corrected chi connectivity index (χ2v) is 5.56. The highest BCUT2D eigenvalue weighted by molar-refractivity contribution is 6.04. The number of rotatable bonds is 4. The summed E-state index contributed by atoms with van der Waals surface area (Å²) in [5.74, 6) is -2.06. The van der Waals surface area contributed by atoms with Crippen LogP contribution in [-0.4, -0.2) is 29.3 Å². The number of hydrogen-bond donors (Lipinski definition) is 1. The van der Waals surface area contributed by atoms with Gasteiger partial charge in [0, 0.05) is 18.3 Å². The smallest absolute Gasteiger partial charge is 0.272 e. The monoisotopic (exact) mass is 343 g/mol. The fraction of sp³-hybridized carbons (Fsp3) is 0.176. The number of anilines is 1. The van der Waals surface area contributed by atoms with Crippen LogP contribution in [0.2, 0.25) is 0 Å². The number of carbonyl (C=O) groups is 2. The van der Waals surface area contributed by atoms with Crippen LogP contribution in [0.4, 0.5) is 15.8 Å². The van der Waals surface area contributed by atoms with Gasteiger partial charge in [0.1, 0.15) is 11.9 Å². The van der Waals surface area contributed by atoms with Crippen molar-refractivity contribution in [3.63, 3.8) is 0 Å². The molecule has 1 fully saturated rings. The van der Waals surface area contributed by atoms with Gasteiger partial charge >= 0.3 is 0 Å². The van der Waals surface area contributed by atoms with Crippen LogP contribution in [0.25, 0.3) is 0 Å². The molecule has 1 atom stereocenters. The highest BCUT2D eigenvalue weighted by Gasteiger charge is 2.34. The Morgan fingerprint density at radius 3 is 2.60 bits per heavy atom. The number of benzene rings is 2. The molecule has 128 valence electrons. The number of nitrogens with one attached hydrogen (secondary N) is 1. The normalized spacial score (nSPS) is 16.8. The van der Waals surface area contributed by atoms with Gasteiger partial charge in [-0.1, -0.05) is 18.2 Å². The molecule has 1 heterocycles. The van der Waals surface area contributed by atoms with E-state index in [2.05, 4.69) is 5.32 Å². The Morgan fingerprint density at radius 1 is 1.24 bits per heavy atom. The van der Waals surface area contributed by atoms with Crippen molar-refractivity contribution >= 4 is 23.2 Å². The second-order valence-electron chi connectivity index (χ2n) is 5.56. The summed E-state index contributed by atoms with van der Waals surface area (Å²) in [5.41, 5.74) is -0.0522. The first-order chi connectivity index (χ1) is 12.0. The highest BCUT2D eigenvalue weighted by atomic mass is 19.1. The number of non-ortho nitro benzene ring substituents is 1. The topological polar surface area (TPSA) is 92.6 Å². The first-order valence-electron chi connectivity index (χ1n) is 7.58. The largest absolute Gasteiger partial charge is 0.340 e. The molecule has 1 aliphatic rings. The molecule has 25 heavy (non-hydrogen) atoms. The van der Waals surface area contributed by atoms with Crippen LogP contribution in [0.3, 0.4) is 0 Å². The van der Waals surface area contributed by atoms with Gasteiger partial charge in [0.15, 0.2) is 0 Å². The molecule has 0 saturated carbocycles. The van der Waals surface area contributed by atoms with E-state index in [4.69, 9.17) is 0 Å². The molecule has 1 N–H and O–H groups in total. The number of halogens is 1. The lowest BCUT2D eigenvalue weighted by atomic mass is 10.1. The van der Waals surface area contributed by atoms with E-state index in [0.717, 1.165) is 17.8 Å².